The fourth-order valence-electron chi connectivity index (χ4n) is 1.63. The van der Waals surface area contributed by atoms with Gasteiger partial charge in [0.05, 0.1) is 5.69 Å². The number of nitrogens with one attached hydrogen (secondary N) is 1. The Morgan fingerprint density at radius 3 is 2.41 bits per heavy atom. The Kier molecular flexibility index (Phi) is 9.95. The van der Waals surface area contributed by atoms with E-state index in [1.807, 2.05) is 42.5 Å². The van der Waals surface area contributed by atoms with Crippen molar-refractivity contribution < 1.29 is 9.53 Å². The third-order valence-electron chi connectivity index (χ3n) is 2.74. The van der Waals surface area contributed by atoms with Crippen molar-refractivity contribution in [1.29, 1.82) is 0 Å². The van der Waals surface area contributed by atoms with Gasteiger partial charge in [-0.05, 0) is 17.2 Å². The number of pyridine rings is 1. The summed E-state index contributed by atoms with van der Waals surface area (Å²) >= 11 is 0. The lowest BCUT2D eigenvalue weighted by Gasteiger charge is -2.07. The van der Waals surface area contributed by atoms with Crippen LogP contribution in [0.2, 0.25) is 0 Å². The fraction of sp³-hybridized carbons (Fsp3) is 0.200. The molecule has 5 nitrogen and oxygen atoms in total. The quantitative estimate of drug-likeness (QED) is 0.874. The van der Waals surface area contributed by atoms with E-state index in [4.69, 9.17) is 10.5 Å². The second-order valence-corrected chi connectivity index (χ2v) is 4.28. The number of carbonyl (C=O) groups is 1. The van der Waals surface area contributed by atoms with Crippen molar-refractivity contribution in [3.05, 3.63) is 65.5 Å². The highest BCUT2D eigenvalue weighted by Gasteiger charge is 2.03. The molecule has 1 aromatic carbocycles. The third-order valence-corrected chi connectivity index (χ3v) is 2.74. The van der Waals surface area contributed by atoms with Crippen LogP contribution in [0.3, 0.4) is 0 Å². The Morgan fingerprint density at radius 2 is 1.82 bits per heavy atom. The van der Waals surface area contributed by atoms with Crippen LogP contribution < -0.4 is 11.1 Å². The molecule has 0 spiro atoms. The van der Waals surface area contributed by atoms with Crippen molar-refractivity contribution in [1.82, 2.24) is 10.3 Å². The number of alkyl carbamates (subject to hydrolysis) is 1. The van der Waals surface area contributed by atoms with E-state index in [0.717, 1.165) is 16.8 Å². The smallest absolute Gasteiger partial charge is 0.407 e. The van der Waals surface area contributed by atoms with Gasteiger partial charge in [0, 0.05) is 19.3 Å². The fourth-order valence-corrected chi connectivity index (χ4v) is 1.63. The first-order valence-corrected chi connectivity index (χ1v) is 6.36. The minimum atomic E-state index is -0.447. The van der Waals surface area contributed by atoms with Crippen LogP contribution in [0.4, 0.5) is 4.79 Å². The Hall–Kier alpha value is -1.82. The van der Waals surface area contributed by atoms with Crippen molar-refractivity contribution >= 4 is 30.9 Å². The Balaban J connectivity index is 0.00000220. The first kappa shape index (κ1) is 20.2. The van der Waals surface area contributed by atoms with E-state index in [-0.39, 0.29) is 31.4 Å². The average molecular weight is 344 g/mol. The molecule has 3 N–H and O–H groups in total. The van der Waals surface area contributed by atoms with Gasteiger partial charge in [-0.15, -0.1) is 24.8 Å². The van der Waals surface area contributed by atoms with Crippen LogP contribution in [0.1, 0.15) is 16.8 Å². The summed E-state index contributed by atoms with van der Waals surface area (Å²) in [5, 5.41) is 2.67. The van der Waals surface area contributed by atoms with Crippen molar-refractivity contribution in [2.75, 3.05) is 0 Å². The second-order valence-electron chi connectivity index (χ2n) is 4.28. The first-order chi connectivity index (χ1) is 9.78. The summed E-state index contributed by atoms with van der Waals surface area (Å²) in [7, 11) is 0. The molecule has 0 unspecified atom stereocenters. The summed E-state index contributed by atoms with van der Waals surface area (Å²) in [6.45, 7) is 1.05. The van der Waals surface area contributed by atoms with Gasteiger partial charge in [-0.25, -0.2) is 4.79 Å². The molecule has 0 atom stereocenters. The highest BCUT2D eigenvalue weighted by Crippen LogP contribution is 2.02. The van der Waals surface area contributed by atoms with Gasteiger partial charge in [0.25, 0.3) is 0 Å². The number of nitrogens with zero attached hydrogens (tertiary/aromatic N) is 1. The molecule has 2 aromatic rings. The molecular formula is C15H19Cl2N3O2. The van der Waals surface area contributed by atoms with Gasteiger partial charge in [-0.1, -0.05) is 36.4 Å². The van der Waals surface area contributed by atoms with Gasteiger partial charge < -0.3 is 15.8 Å². The number of halogens is 2. The largest absolute Gasteiger partial charge is 0.445 e. The van der Waals surface area contributed by atoms with Gasteiger partial charge in [-0.2, -0.15) is 0 Å². The molecule has 0 bridgehead atoms. The van der Waals surface area contributed by atoms with Crippen molar-refractivity contribution in [2.24, 2.45) is 5.73 Å². The van der Waals surface area contributed by atoms with E-state index < -0.39 is 6.09 Å². The molecule has 0 fully saturated rings. The van der Waals surface area contributed by atoms with Gasteiger partial charge >= 0.3 is 6.09 Å². The Labute approximate surface area is 142 Å². The number of amides is 1. The third kappa shape index (κ3) is 6.76. The molecule has 0 aliphatic heterocycles. The number of ether oxygens (including phenoxy) is 1. The molecule has 1 aromatic heterocycles. The number of nitrogens with two attached hydrogens (primary N) is 1. The molecular weight excluding hydrogens is 325 g/mol. The van der Waals surface area contributed by atoms with Crippen molar-refractivity contribution in [3.8, 4) is 0 Å². The molecule has 22 heavy (non-hydrogen) atoms. The lowest BCUT2D eigenvalue weighted by molar-refractivity contribution is 0.139. The predicted molar refractivity (Wildman–Crippen MR) is 90.1 cm³/mol. The van der Waals surface area contributed by atoms with E-state index >= 15 is 0 Å². The van der Waals surface area contributed by atoms with E-state index in [0.29, 0.717) is 13.1 Å². The second kappa shape index (κ2) is 10.8. The zero-order valence-electron chi connectivity index (χ0n) is 11.9. The number of rotatable bonds is 5. The van der Waals surface area contributed by atoms with Gasteiger partial charge in [0.15, 0.2) is 0 Å². The van der Waals surface area contributed by atoms with Crippen LogP contribution in [0, 0.1) is 0 Å². The molecule has 0 saturated carbocycles. The minimum Gasteiger partial charge on any atom is -0.445 e. The number of hydrogen-bond donors (Lipinski definition) is 2. The van der Waals surface area contributed by atoms with E-state index in [1.54, 1.807) is 6.20 Å². The van der Waals surface area contributed by atoms with Gasteiger partial charge in [0.1, 0.15) is 6.61 Å². The van der Waals surface area contributed by atoms with Gasteiger partial charge in [-0.3, -0.25) is 4.98 Å². The van der Waals surface area contributed by atoms with E-state index in [1.165, 1.54) is 0 Å². The summed E-state index contributed by atoms with van der Waals surface area (Å²) < 4.78 is 5.10. The normalized spacial score (nSPS) is 9.14. The SMILES string of the molecule is Cl.Cl.NCc1ccc(CNC(=O)OCc2ccccc2)cn1. The molecule has 1 amide bonds. The summed E-state index contributed by atoms with van der Waals surface area (Å²) in [4.78, 5) is 15.7. The van der Waals surface area contributed by atoms with Crippen LogP contribution in [-0.2, 0) is 24.4 Å². The van der Waals surface area contributed by atoms with Crippen molar-refractivity contribution in [2.45, 2.75) is 19.7 Å². The molecule has 120 valence electrons. The first-order valence-electron chi connectivity index (χ1n) is 6.36. The molecule has 0 aliphatic carbocycles. The summed E-state index contributed by atoms with van der Waals surface area (Å²) in [6.07, 6.45) is 1.25. The summed E-state index contributed by atoms with van der Waals surface area (Å²) in [5.74, 6) is 0. The molecule has 0 aliphatic rings. The number of aromatic nitrogens is 1. The highest BCUT2D eigenvalue weighted by molar-refractivity contribution is 5.85. The topological polar surface area (TPSA) is 77.2 Å². The number of benzene rings is 1. The lowest BCUT2D eigenvalue weighted by atomic mass is 10.2. The monoisotopic (exact) mass is 343 g/mol. The van der Waals surface area contributed by atoms with Crippen LogP contribution in [0.15, 0.2) is 48.7 Å². The number of hydrogen-bond acceptors (Lipinski definition) is 4. The summed E-state index contributed by atoms with van der Waals surface area (Å²) in [5.41, 5.74) is 8.14. The average Bonchev–Trinajstić information content (AvgIpc) is 2.52. The van der Waals surface area contributed by atoms with E-state index in [9.17, 15) is 4.79 Å². The van der Waals surface area contributed by atoms with Crippen LogP contribution in [-0.4, -0.2) is 11.1 Å². The molecule has 2 rings (SSSR count). The molecule has 0 saturated heterocycles. The van der Waals surface area contributed by atoms with Gasteiger partial charge in [0.2, 0.25) is 0 Å². The molecule has 1 heterocycles. The van der Waals surface area contributed by atoms with Crippen molar-refractivity contribution in [3.63, 3.8) is 0 Å². The maximum atomic E-state index is 11.5. The zero-order chi connectivity index (χ0) is 14.2. The predicted octanol–water partition coefficient (Wildman–Crippen LogP) is 2.81. The maximum Gasteiger partial charge on any atom is 0.407 e. The standard InChI is InChI=1S/C15H17N3O2.2ClH/c16-8-14-7-6-13(9-17-14)10-18-15(19)20-11-12-4-2-1-3-5-12;;/h1-7,9H,8,10-11,16H2,(H,18,19);2*1H. The zero-order valence-corrected chi connectivity index (χ0v) is 13.5. The van der Waals surface area contributed by atoms with E-state index in [2.05, 4.69) is 10.3 Å². The Bertz CT molecular complexity index is 550. The summed E-state index contributed by atoms with van der Waals surface area (Å²) in [6, 6.07) is 13.3. The van der Waals surface area contributed by atoms with Crippen LogP contribution in [0.25, 0.3) is 0 Å². The van der Waals surface area contributed by atoms with Crippen LogP contribution >= 0.6 is 24.8 Å². The van der Waals surface area contributed by atoms with Crippen LogP contribution in [0.5, 0.6) is 0 Å². The maximum absolute atomic E-state index is 11.5. The Morgan fingerprint density at radius 1 is 1.09 bits per heavy atom. The molecule has 0 radical (unpaired) electrons. The highest BCUT2D eigenvalue weighted by atomic mass is 35.5. The lowest BCUT2D eigenvalue weighted by Crippen LogP contribution is -2.23. The number of carbonyl (C=O) groups excluding carboxylic acids is 1. The molecule has 7 heteroatoms. The minimum absolute atomic E-state index is 0.